The van der Waals surface area contributed by atoms with Crippen LogP contribution in [0.5, 0.6) is 0 Å². The minimum Gasteiger partial charge on any atom is -0.352 e. The van der Waals surface area contributed by atoms with Crippen LogP contribution in [0, 0.1) is 18.8 Å². The smallest absolute Gasteiger partial charge is 0.236 e. The quantitative estimate of drug-likeness (QED) is 0.437. The second-order valence-electron chi connectivity index (χ2n) is 8.57. The fraction of sp³-hybridized carbons (Fsp3) is 0.269. The Morgan fingerprint density at radius 3 is 2.45 bits per heavy atom. The molecule has 3 aliphatic rings. The Hall–Kier alpha value is -3.47. The van der Waals surface area contributed by atoms with E-state index in [2.05, 4.69) is 18.7 Å². The molecule has 0 spiro atoms. The van der Waals surface area contributed by atoms with Gasteiger partial charge in [0.1, 0.15) is 6.04 Å². The molecule has 5 heteroatoms. The summed E-state index contributed by atoms with van der Waals surface area (Å²) in [6, 6.07) is 14.1. The van der Waals surface area contributed by atoms with E-state index in [9.17, 15) is 14.4 Å². The number of rotatable bonds is 4. The van der Waals surface area contributed by atoms with Crippen molar-refractivity contribution in [3.8, 4) is 0 Å². The Balaban J connectivity index is 1.70. The van der Waals surface area contributed by atoms with Crippen molar-refractivity contribution in [2.24, 2.45) is 11.8 Å². The Morgan fingerprint density at radius 1 is 1.03 bits per heavy atom. The standard InChI is InChI=1S/C26H24N2O3/c1-4-12-27-25(30)21-20-14-16(3)18-13-15(2)10-11-19(18)28(20)23(22(21)26(27)31)24(29)17-8-6-5-7-9-17/h4-11,13-14,20-23H,1,12H2,2-3H3/t20-,21-,22-,23+/m0/s1. The monoisotopic (exact) mass is 412 g/mol. The van der Waals surface area contributed by atoms with Crippen molar-refractivity contribution in [1.29, 1.82) is 0 Å². The maximum absolute atomic E-state index is 13.8. The number of anilines is 1. The van der Waals surface area contributed by atoms with Crippen molar-refractivity contribution in [3.63, 3.8) is 0 Å². The highest BCUT2D eigenvalue weighted by atomic mass is 16.2. The minimum atomic E-state index is -0.727. The van der Waals surface area contributed by atoms with Gasteiger partial charge in [-0.25, -0.2) is 0 Å². The second kappa shape index (κ2) is 7.05. The van der Waals surface area contributed by atoms with Crippen LogP contribution >= 0.6 is 0 Å². The molecule has 2 aromatic rings. The lowest BCUT2D eigenvalue weighted by Crippen LogP contribution is -2.49. The van der Waals surface area contributed by atoms with E-state index in [1.54, 1.807) is 18.2 Å². The Morgan fingerprint density at radius 2 is 1.74 bits per heavy atom. The van der Waals surface area contributed by atoms with Crippen LogP contribution in [0.4, 0.5) is 5.69 Å². The molecule has 4 atom stereocenters. The van der Waals surface area contributed by atoms with Crippen LogP contribution in [0.3, 0.4) is 0 Å². The molecule has 3 heterocycles. The van der Waals surface area contributed by atoms with Gasteiger partial charge in [-0.15, -0.1) is 6.58 Å². The lowest BCUT2D eigenvalue weighted by molar-refractivity contribution is -0.139. The number of hydrogen-bond acceptors (Lipinski definition) is 4. The van der Waals surface area contributed by atoms with Gasteiger partial charge >= 0.3 is 0 Å². The molecule has 5 rings (SSSR count). The molecule has 3 aliphatic heterocycles. The predicted octanol–water partition coefficient (Wildman–Crippen LogP) is 3.64. The zero-order chi connectivity index (χ0) is 21.9. The number of likely N-dealkylation sites (tertiary alicyclic amines) is 1. The van der Waals surface area contributed by atoms with Crippen molar-refractivity contribution in [3.05, 3.63) is 84.0 Å². The topological polar surface area (TPSA) is 57.7 Å². The predicted molar refractivity (Wildman–Crippen MR) is 120 cm³/mol. The summed E-state index contributed by atoms with van der Waals surface area (Å²) in [5, 5.41) is 0. The van der Waals surface area contributed by atoms with Crippen LogP contribution < -0.4 is 4.90 Å². The average molecular weight is 412 g/mol. The summed E-state index contributed by atoms with van der Waals surface area (Å²) < 4.78 is 0. The molecule has 2 saturated heterocycles. The summed E-state index contributed by atoms with van der Waals surface area (Å²) in [5.41, 5.74) is 4.70. The maximum atomic E-state index is 13.8. The minimum absolute atomic E-state index is 0.126. The number of ketones is 1. The molecule has 2 fully saturated rings. The highest BCUT2D eigenvalue weighted by Gasteiger charge is 2.64. The first-order valence-corrected chi connectivity index (χ1v) is 10.6. The number of amides is 2. The first-order chi connectivity index (χ1) is 14.9. The Bertz CT molecular complexity index is 1150. The lowest BCUT2D eigenvalue weighted by Gasteiger charge is -2.38. The molecule has 0 aliphatic carbocycles. The normalized spacial score (nSPS) is 26.3. The molecular weight excluding hydrogens is 388 g/mol. The van der Waals surface area contributed by atoms with E-state index < -0.39 is 17.9 Å². The van der Waals surface area contributed by atoms with E-state index in [0.717, 1.165) is 22.4 Å². The van der Waals surface area contributed by atoms with Gasteiger partial charge in [-0.3, -0.25) is 19.3 Å². The molecule has 2 aromatic carbocycles. The van der Waals surface area contributed by atoms with Gasteiger partial charge in [0.25, 0.3) is 0 Å². The SMILES string of the molecule is C=CCN1C(=O)[C@@H]2[C@H](C1=O)[C@H](C(=O)c1ccccc1)N1c3ccc(C)cc3C(C)=C[C@@H]21. The highest BCUT2D eigenvalue weighted by molar-refractivity contribution is 6.14. The van der Waals surface area contributed by atoms with Crippen LogP contribution in [-0.4, -0.2) is 41.1 Å². The molecule has 156 valence electrons. The molecule has 0 aromatic heterocycles. The van der Waals surface area contributed by atoms with Gasteiger partial charge in [0.15, 0.2) is 5.78 Å². The fourth-order valence-electron chi connectivity index (χ4n) is 5.40. The average Bonchev–Trinajstić information content (AvgIpc) is 3.23. The third kappa shape index (κ3) is 2.73. The van der Waals surface area contributed by atoms with E-state index in [0.29, 0.717) is 5.56 Å². The zero-order valence-electron chi connectivity index (χ0n) is 17.6. The number of imide groups is 1. The first-order valence-electron chi connectivity index (χ1n) is 10.6. The van der Waals surface area contributed by atoms with Gasteiger partial charge < -0.3 is 4.90 Å². The van der Waals surface area contributed by atoms with Gasteiger partial charge in [0.2, 0.25) is 11.8 Å². The van der Waals surface area contributed by atoms with Gasteiger partial charge in [0.05, 0.1) is 17.9 Å². The molecule has 0 bridgehead atoms. The molecular formula is C26H24N2O3. The van der Waals surface area contributed by atoms with Gasteiger partial charge in [-0.1, -0.05) is 54.1 Å². The van der Waals surface area contributed by atoms with Crippen LogP contribution in [0.15, 0.2) is 67.3 Å². The third-order valence-corrected chi connectivity index (χ3v) is 6.73. The van der Waals surface area contributed by atoms with Crippen molar-refractivity contribution in [2.45, 2.75) is 25.9 Å². The number of fused-ring (bicyclic) bond motifs is 5. The number of benzene rings is 2. The summed E-state index contributed by atoms with van der Waals surface area (Å²) >= 11 is 0. The summed E-state index contributed by atoms with van der Waals surface area (Å²) in [6.07, 6.45) is 3.61. The molecule has 0 saturated carbocycles. The lowest BCUT2D eigenvalue weighted by atomic mass is 9.85. The number of nitrogens with zero attached hydrogens (tertiary/aromatic N) is 2. The summed E-state index contributed by atoms with van der Waals surface area (Å²) in [7, 11) is 0. The third-order valence-electron chi connectivity index (χ3n) is 6.73. The number of carbonyl (C=O) groups is 3. The van der Waals surface area contributed by atoms with Crippen LogP contribution in [0.25, 0.3) is 5.57 Å². The van der Waals surface area contributed by atoms with Gasteiger partial charge in [0, 0.05) is 23.4 Å². The van der Waals surface area contributed by atoms with Gasteiger partial charge in [-0.2, -0.15) is 0 Å². The summed E-state index contributed by atoms with van der Waals surface area (Å²) in [4.78, 5) is 43.7. The fourth-order valence-corrected chi connectivity index (χ4v) is 5.40. The summed E-state index contributed by atoms with van der Waals surface area (Å²) in [5.74, 6) is -1.90. The van der Waals surface area contributed by atoms with Crippen molar-refractivity contribution in [1.82, 2.24) is 4.90 Å². The van der Waals surface area contributed by atoms with E-state index in [-0.39, 0.29) is 30.2 Å². The van der Waals surface area contributed by atoms with E-state index in [1.807, 2.05) is 49.1 Å². The maximum Gasteiger partial charge on any atom is 0.236 e. The molecule has 5 nitrogen and oxygen atoms in total. The van der Waals surface area contributed by atoms with Crippen LogP contribution in [-0.2, 0) is 9.59 Å². The van der Waals surface area contributed by atoms with Crippen molar-refractivity contribution in [2.75, 3.05) is 11.4 Å². The molecule has 0 unspecified atom stereocenters. The van der Waals surface area contributed by atoms with Crippen LogP contribution in [0.1, 0.15) is 28.4 Å². The Kier molecular flexibility index (Phi) is 4.43. The molecule has 0 radical (unpaired) electrons. The van der Waals surface area contributed by atoms with Crippen molar-refractivity contribution >= 4 is 28.9 Å². The molecule has 0 N–H and O–H groups in total. The molecule has 31 heavy (non-hydrogen) atoms. The number of carbonyl (C=O) groups excluding carboxylic acids is 3. The zero-order valence-corrected chi connectivity index (χ0v) is 17.6. The summed E-state index contributed by atoms with van der Waals surface area (Å²) in [6.45, 7) is 7.91. The Labute approximate surface area is 181 Å². The van der Waals surface area contributed by atoms with Gasteiger partial charge in [-0.05, 0) is 31.6 Å². The number of allylic oxidation sites excluding steroid dienone is 1. The number of hydrogen-bond donors (Lipinski definition) is 0. The first kappa shape index (κ1) is 19.5. The van der Waals surface area contributed by atoms with E-state index >= 15 is 0 Å². The van der Waals surface area contributed by atoms with E-state index in [4.69, 9.17) is 0 Å². The van der Waals surface area contributed by atoms with Crippen molar-refractivity contribution < 1.29 is 14.4 Å². The van der Waals surface area contributed by atoms with Crippen LogP contribution in [0.2, 0.25) is 0 Å². The number of Topliss-reactive ketones (excluding diaryl/α,β-unsaturated/α-hetero) is 1. The number of aryl methyl sites for hydroxylation is 1. The highest BCUT2D eigenvalue weighted by Crippen LogP contribution is 2.50. The van der Waals surface area contributed by atoms with E-state index in [1.165, 1.54) is 4.90 Å². The molecule has 2 amide bonds. The second-order valence-corrected chi connectivity index (χ2v) is 8.57. The largest absolute Gasteiger partial charge is 0.352 e.